The molecule has 2 rings (SSSR count). The number of methoxy groups -OCH3 is 1. The summed E-state index contributed by atoms with van der Waals surface area (Å²) < 4.78 is 46.2. The Balaban J connectivity index is 2.64. The minimum Gasteiger partial charge on any atom is -0.497 e. The SMILES string of the molecule is C=C[C@@H](CO[Si](C)(C)C(C)(C)C)[C@@H](OC(C)=O)[C@H](CO[Si](C)(C)C(C)(C)C)[C@H](O[Si](C)(C)C(C)(C)C)[C@]1(C)O[C@@H]1[C@@H](C)COCc1ccc(OC)cc1. The fraction of sp³-hybridized carbons (Fsp3) is 0.786. The number of rotatable bonds is 20. The lowest BCUT2D eigenvalue weighted by Gasteiger charge is -2.47. The van der Waals surface area contributed by atoms with Crippen LogP contribution in [-0.2, 0) is 38.9 Å². The Labute approximate surface area is 327 Å². The third kappa shape index (κ3) is 12.6. The zero-order chi connectivity index (χ0) is 41.0. The van der Waals surface area contributed by atoms with Gasteiger partial charge in [-0.05, 0) is 79.0 Å². The maximum absolute atomic E-state index is 13.1. The van der Waals surface area contributed by atoms with Crippen molar-refractivity contribution in [3.05, 3.63) is 42.5 Å². The Morgan fingerprint density at radius 2 is 1.34 bits per heavy atom. The average molecular weight is 795 g/mol. The van der Waals surface area contributed by atoms with Crippen LogP contribution in [0.15, 0.2) is 36.9 Å². The van der Waals surface area contributed by atoms with Crippen LogP contribution in [0.2, 0.25) is 54.4 Å². The van der Waals surface area contributed by atoms with E-state index in [1.165, 1.54) is 6.92 Å². The van der Waals surface area contributed by atoms with Crippen LogP contribution in [0.25, 0.3) is 0 Å². The van der Waals surface area contributed by atoms with E-state index in [1.807, 2.05) is 30.3 Å². The number of ether oxygens (including phenoxy) is 4. The molecule has 0 N–H and O–H groups in total. The van der Waals surface area contributed by atoms with Crippen LogP contribution in [0, 0.1) is 17.8 Å². The molecule has 8 nitrogen and oxygen atoms in total. The molecular weight excluding hydrogens is 717 g/mol. The summed E-state index contributed by atoms with van der Waals surface area (Å²) in [5.41, 5.74) is 0.406. The van der Waals surface area contributed by atoms with Gasteiger partial charge in [-0.2, -0.15) is 0 Å². The molecule has 0 unspecified atom stereocenters. The van der Waals surface area contributed by atoms with E-state index in [4.69, 9.17) is 32.2 Å². The fourth-order valence-corrected chi connectivity index (χ4v) is 9.30. The average Bonchev–Trinajstić information content (AvgIpc) is 3.71. The summed E-state index contributed by atoms with van der Waals surface area (Å²) in [5.74, 6) is -0.110. The Morgan fingerprint density at radius 3 is 1.77 bits per heavy atom. The van der Waals surface area contributed by atoms with E-state index in [0.717, 1.165) is 11.3 Å². The van der Waals surface area contributed by atoms with E-state index >= 15 is 0 Å². The van der Waals surface area contributed by atoms with Crippen molar-refractivity contribution in [3.8, 4) is 5.75 Å². The highest BCUT2D eigenvalue weighted by Crippen LogP contribution is 2.52. The van der Waals surface area contributed by atoms with Crippen LogP contribution in [0.1, 0.15) is 88.6 Å². The lowest BCUT2D eigenvalue weighted by atomic mass is 9.80. The first-order valence-corrected chi connectivity index (χ1v) is 28.3. The summed E-state index contributed by atoms with van der Waals surface area (Å²) >= 11 is 0. The molecule has 0 radical (unpaired) electrons. The number of esters is 1. The summed E-state index contributed by atoms with van der Waals surface area (Å²) in [7, 11) is -5.14. The third-order valence-corrected chi connectivity index (χ3v) is 26.2. The maximum Gasteiger partial charge on any atom is 0.302 e. The van der Waals surface area contributed by atoms with Crippen molar-refractivity contribution in [1.82, 2.24) is 0 Å². The van der Waals surface area contributed by atoms with Crippen LogP contribution in [-0.4, -0.2) is 81.8 Å². The highest BCUT2D eigenvalue weighted by molar-refractivity contribution is 6.75. The van der Waals surface area contributed by atoms with Gasteiger partial charge in [-0.3, -0.25) is 4.79 Å². The molecule has 11 heteroatoms. The summed E-state index contributed by atoms with van der Waals surface area (Å²) in [6.07, 6.45) is 0.707. The van der Waals surface area contributed by atoms with Crippen molar-refractivity contribution >= 4 is 30.9 Å². The Bertz CT molecular complexity index is 1330. The van der Waals surface area contributed by atoms with Crippen molar-refractivity contribution in [2.75, 3.05) is 26.9 Å². The van der Waals surface area contributed by atoms with Gasteiger partial charge < -0.3 is 32.2 Å². The van der Waals surface area contributed by atoms with Crippen LogP contribution in [0.4, 0.5) is 0 Å². The van der Waals surface area contributed by atoms with Crippen LogP contribution < -0.4 is 4.74 Å². The summed E-state index contributed by atoms with van der Waals surface area (Å²) in [5, 5.41) is -0.0848. The van der Waals surface area contributed by atoms with Crippen molar-refractivity contribution in [2.45, 2.75) is 168 Å². The standard InChI is InChI=1S/C42H78O8Si3/c1-21-33(28-46-51(15,16)39(4,5)6)36(48-31(3)43)35(29-47-52(17,18)40(7,8)9)38(50-53(19,20)41(10,11)12)42(13)37(49-42)30(2)26-45-27-32-22-24-34(44-14)25-23-32/h21-25,30,33,35-38H,1,26-29H2,2-20H3/t30-,33-,35-,36+,37+,38-,42+/m0/s1. The van der Waals surface area contributed by atoms with Gasteiger partial charge in [0.15, 0.2) is 25.0 Å². The Hall–Kier alpha value is -1.32. The molecular formula is C42H78O8Si3. The summed E-state index contributed by atoms with van der Waals surface area (Å²) in [6.45, 7) is 45.6. The molecule has 1 saturated heterocycles. The van der Waals surface area contributed by atoms with E-state index < -0.39 is 42.8 Å². The van der Waals surface area contributed by atoms with Crippen LogP contribution in [0.3, 0.4) is 0 Å². The zero-order valence-corrected chi connectivity index (χ0v) is 40.2. The molecule has 0 aromatic heterocycles. The molecule has 1 aromatic rings. The van der Waals surface area contributed by atoms with Gasteiger partial charge in [-0.15, -0.1) is 6.58 Å². The maximum atomic E-state index is 13.1. The molecule has 1 aliphatic rings. The molecule has 1 fully saturated rings. The van der Waals surface area contributed by atoms with Gasteiger partial charge in [0.25, 0.3) is 0 Å². The van der Waals surface area contributed by atoms with Crippen molar-refractivity contribution in [1.29, 1.82) is 0 Å². The number of hydrogen-bond donors (Lipinski definition) is 0. The second-order valence-corrected chi connectivity index (χ2v) is 34.5. The van der Waals surface area contributed by atoms with E-state index in [0.29, 0.717) is 26.4 Å². The Kier molecular flexibility index (Phi) is 16.1. The molecule has 7 atom stereocenters. The topological polar surface area (TPSA) is 85.0 Å². The van der Waals surface area contributed by atoms with Gasteiger partial charge in [0.05, 0.1) is 32.5 Å². The first-order chi connectivity index (χ1) is 23.9. The van der Waals surface area contributed by atoms with Gasteiger partial charge in [-0.1, -0.05) is 87.4 Å². The largest absolute Gasteiger partial charge is 0.497 e. The van der Waals surface area contributed by atoms with E-state index in [2.05, 4.69) is 122 Å². The molecule has 0 saturated carbocycles. The number of hydrogen-bond acceptors (Lipinski definition) is 8. The van der Waals surface area contributed by atoms with Gasteiger partial charge in [0, 0.05) is 37.9 Å². The second-order valence-electron chi connectivity index (χ2n) is 20.1. The molecule has 1 heterocycles. The second kappa shape index (κ2) is 17.9. The first-order valence-electron chi connectivity index (χ1n) is 19.6. The lowest BCUT2D eigenvalue weighted by Crippen LogP contribution is -2.57. The number of carbonyl (C=O) groups excluding carboxylic acids is 1. The smallest absolute Gasteiger partial charge is 0.302 e. The fourth-order valence-electron chi connectivity index (χ4n) is 5.82. The molecule has 0 spiro atoms. The number of benzene rings is 1. The molecule has 306 valence electrons. The predicted octanol–water partition coefficient (Wildman–Crippen LogP) is 10.8. The molecule has 0 amide bonds. The zero-order valence-electron chi connectivity index (χ0n) is 37.2. The molecule has 0 aliphatic carbocycles. The quantitative estimate of drug-likeness (QED) is 0.0558. The van der Waals surface area contributed by atoms with Gasteiger partial charge >= 0.3 is 5.97 Å². The van der Waals surface area contributed by atoms with Gasteiger partial charge in [-0.25, -0.2) is 0 Å². The highest BCUT2D eigenvalue weighted by atomic mass is 28.4. The third-order valence-electron chi connectivity index (χ3n) is 12.7. The molecule has 1 aromatic carbocycles. The lowest BCUT2D eigenvalue weighted by molar-refractivity contribution is -0.158. The first kappa shape index (κ1) is 47.8. The number of epoxide rings is 1. The van der Waals surface area contributed by atoms with Crippen LogP contribution >= 0.6 is 0 Å². The van der Waals surface area contributed by atoms with E-state index in [1.54, 1.807) is 7.11 Å². The van der Waals surface area contributed by atoms with Crippen molar-refractivity contribution in [2.24, 2.45) is 17.8 Å². The predicted molar refractivity (Wildman–Crippen MR) is 226 cm³/mol. The van der Waals surface area contributed by atoms with Crippen molar-refractivity contribution < 1.29 is 37.0 Å². The normalized spacial score (nSPS) is 21.7. The summed E-state index contributed by atoms with van der Waals surface area (Å²) in [4.78, 5) is 13.1. The molecule has 1 aliphatic heterocycles. The highest BCUT2D eigenvalue weighted by Gasteiger charge is 2.65. The number of carbonyl (C=O) groups is 1. The van der Waals surface area contributed by atoms with Crippen LogP contribution in [0.5, 0.6) is 5.75 Å². The van der Waals surface area contributed by atoms with E-state index in [-0.39, 0.29) is 44.9 Å². The Morgan fingerprint density at radius 1 is 0.849 bits per heavy atom. The van der Waals surface area contributed by atoms with E-state index in [9.17, 15) is 4.79 Å². The molecule has 53 heavy (non-hydrogen) atoms. The molecule has 0 bridgehead atoms. The van der Waals surface area contributed by atoms with Gasteiger partial charge in [0.2, 0.25) is 0 Å². The summed E-state index contributed by atoms with van der Waals surface area (Å²) in [6, 6.07) is 7.95. The monoisotopic (exact) mass is 795 g/mol. The van der Waals surface area contributed by atoms with Gasteiger partial charge in [0.1, 0.15) is 17.5 Å². The van der Waals surface area contributed by atoms with Crippen molar-refractivity contribution in [3.63, 3.8) is 0 Å². The minimum atomic E-state index is -2.41. The minimum absolute atomic E-state index is 0.0165.